The van der Waals surface area contributed by atoms with Crippen LogP contribution in [0.15, 0.2) is 28.2 Å². The zero-order valence-electron chi connectivity index (χ0n) is 13.7. The van der Waals surface area contributed by atoms with Crippen LogP contribution in [0, 0.1) is 17.1 Å². The largest absolute Gasteiger partial charge is 0.300 e. The summed E-state index contributed by atoms with van der Waals surface area (Å²) < 4.78 is 13.8. The summed E-state index contributed by atoms with van der Waals surface area (Å²) in [5, 5.41) is 9.82. The summed E-state index contributed by atoms with van der Waals surface area (Å²) in [6.45, 7) is 2.44. The molecule has 0 amide bonds. The molecule has 5 nitrogen and oxygen atoms in total. The lowest BCUT2D eigenvalue weighted by Crippen LogP contribution is -2.32. The van der Waals surface area contributed by atoms with Crippen LogP contribution in [0.25, 0.3) is 11.3 Å². The number of H-pyrrole nitrogens is 1. The first-order valence-electron chi connectivity index (χ1n) is 7.79. The van der Waals surface area contributed by atoms with E-state index in [1.165, 1.54) is 23.9 Å². The number of aromatic amines is 1. The van der Waals surface area contributed by atoms with Gasteiger partial charge in [-0.05, 0) is 30.0 Å². The van der Waals surface area contributed by atoms with Gasteiger partial charge in [-0.3, -0.25) is 9.69 Å². The Morgan fingerprint density at radius 2 is 2.20 bits per heavy atom. The molecule has 0 radical (unpaired) electrons. The SMILES string of the molecule is CSc1nc(-c2ccc(F)cc2CN2CCSCC2)c(C#N)c(=O)[nH]1. The fraction of sp³-hybridized carbons (Fsp3) is 0.353. The number of rotatable bonds is 4. The van der Waals surface area contributed by atoms with Crippen molar-refractivity contribution in [3.05, 3.63) is 45.5 Å². The second-order valence-corrected chi connectivity index (χ2v) is 7.62. The van der Waals surface area contributed by atoms with Gasteiger partial charge in [0.25, 0.3) is 5.56 Å². The first kappa shape index (κ1) is 18.0. The van der Waals surface area contributed by atoms with Crippen LogP contribution >= 0.6 is 23.5 Å². The third-order valence-electron chi connectivity index (χ3n) is 4.02. The van der Waals surface area contributed by atoms with E-state index in [-0.39, 0.29) is 11.4 Å². The van der Waals surface area contributed by atoms with Crippen molar-refractivity contribution >= 4 is 23.5 Å². The van der Waals surface area contributed by atoms with Crippen molar-refractivity contribution in [2.75, 3.05) is 30.9 Å². The molecule has 1 aromatic heterocycles. The molecular formula is C17H17FN4OS2. The van der Waals surface area contributed by atoms with Gasteiger partial charge in [0.2, 0.25) is 0 Å². The summed E-state index contributed by atoms with van der Waals surface area (Å²) in [5.41, 5.74) is 1.18. The summed E-state index contributed by atoms with van der Waals surface area (Å²) in [5.74, 6) is 1.76. The Hall–Kier alpha value is -1.82. The molecule has 0 spiro atoms. The van der Waals surface area contributed by atoms with Gasteiger partial charge in [0.05, 0.1) is 5.69 Å². The number of nitrogens with zero attached hydrogens (tertiary/aromatic N) is 3. The normalized spacial score (nSPS) is 15.1. The highest BCUT2D eigenvalue weighted by Crippen LogP contribution is 2.27. The van der Waals surface area contributed by atoms with E-state index in [9.17, 15) is 14.4 Å². The molecule has 0 unspecified atom stereocenters. The highest BCUT2D eigenvalue weighted by molar-refractivity contribution is 7.99. The van der Waals surface area contributed by atoms with E-state index in [4.69, 9.17) is 0 Å². The molecule has 1 N–H and O–H groups in total. The molecule has 0 bridgehead atoms. The van der Waals surface area contributed by atoms with E-state index in [0.717, 1.165) is 30.2 Å². The maximum atomic E-state index is 13.8. The number of benzene rings is 1. The second kappa shape index (κ2) is 8.04. The van der Waals surface area contributed by atoms with Gasteiger partial charge in [0, 0.05) is 36.7 Å². The molecule has 1 aromatic carbocycles. The van der Waals surface area contributed by atoms with E-state index in [2.05, 4.69) is 14.9 Å². The number of thioether (sulfide) groups is 2. The first-order valence-corrected chi connectivity index (χ1v) is 10.2. The molecule has 25 heavy (non-hydrogen) atoms. The number of hydrogen-bond donors (Lipinski definition) is 1. The third kappa shape index (κ3) is 4.06. The van der Waals surface area contributed by atoms with Crippen molar-refractivity contribution in [1.29, 1.82) is 5.26 Å². The zero-order chi connectivity index (χ0) is 17.8. The van der Waals surface area contributed by atoms with Crippen LogP contribution in [0.2, 0.25) is 0 Å². The zero-order valence-corrected chi connectivity index (χ0v) is 15.3. The van der Waals surface area contributed by atoms with Crippen LogP contribution in [-0.4, -0.2) is 45.7 Å². The van der Waals surface area contributed by atoms with Crippen molar-refractivity contribution in [3.8, 4) is 17.3 Å². The molecule has 8 heteroatoms. The minimum absolute atomic E-state index is 0.0418. The molecule has 0 atom stereocenters. The number of nitriles is 1. The Balaban J connectivity index is 2.09. The van der Waals surface area contributed by atoms with Crippen molar-refractivity contribution < 1.29 is 4.39 Å². The van der Waals surface area contributed by atoms with Crippen molar-refractivity contribution in [2.24, 2.45) is 0 Å². The van der Waals surface area contributed by atoms with Gasteiger partial charge in [0.15, 0.2) is 5.16 Å². The van der Waals surface area contributed by atoms with Crippen molar-refractivity contribution in [1.82, 2.24) is 14.9 Å². The first-order chi connectivity index (χ1) is 12.1. The van der Waals surface area contributed by atoms with E-state index < -0.39 is 5.56 Å². The summed E-state index contributed by atoms with van der Waals surface area (Å²) in [4.78, 5) is 21.4. The minimum atomic E-state index is -0.471. The molecule has 1 aliphatic rings. The molecule has 1 aliphatic heterocycles. The quantitative estimate of drug-likeness (QED) is 0.653. The van der Waals surface area contributed by atoms with Crippen LogP contribution in [0.3, 0.4) is 0 Å². The summed E-state index contributed by atoms with van der Waals surface area (Å²) in [6.07, 6.45) is 1.80. The molecule has 0 saturated carbocycles. The maximum Gasteiger partial charge on any atom is 0.270 e. The average molecular weight is 376 g/mol. The highest BCUT2D eigenvalue weighted by atomic mass is 32.2. The second-order valence-electron chi connectivity index (χ2n) is 5.60. The van der Waals surface area contributed by atoms with E-state index in [0.29, 0.717) is 23.0 Å². The van der Waals surface area contributed by atoms with Gasteiger partial charge >= 0.3 is 0 Å². The van der Waals surface area contributed by atoms with Crippen LogP contribution in [-0.2, 0) is 6.54 Å². The Bertz CT molecular complexity index is 872. The topological polar surface area (TPSA) is 72.8 Å². The van der Waals surface area contributed by atoms with E-state index in [1.54, 1.807) is 12.3 Å². The molecule has 3 rings (SSSR count). The minimum Gasteiger partial charge on any atom is -0.300 e. The monoisotopic (exact) mass is 376 g/mol. The fourth-order valence-electron chi connectivity index (χ4n) is 2.77. The lowest BCUT2D eigenvalue weighted by atomic mass is 10.0. The number of hydrogen-bond acceptors (Lipinski definition) is 6. The van der Waals surface area contributed by atoms with E-state index >= 15 is 0 Å². The molecular weight excluding hydrogens is 359 g/mol. The summed E-state index contributed by atoms with van der Waals surface area (Å²) in [7, 11) is 0. The van der Waals surface area contributed by atoms with Crippen molar-refractivity contribution in [2.45, 2.75) is 11.7 Å². The average Bonchev–Trinajstić information content (AvgIpc) is 2.62. The molecule has 0 aliphatic carbocycles. The van der Waals surface area contributed by atoms with Gasteiger partial charge in [-0.15, -0.1) is 0 Å². The molecule has 1 saturated heterocycles. The lowest BCUT2D eigenvalue weighted by Gasteiger charge is -2.27. The fourth-order valence-corrected chi connectivity index (χ4v) is 4.13. The summed E-state index contributed by atoms with van der Waals surface area (Å²) >= 11 is 3.20. The van der Waals surface area contributed by atoms with Gasteiger partial charge < -0.3 is 4.98 Å². The van der Waals surface area contributed by atoms with Crippen LogP contribution in [0.4, 0.5) is 4.39 Å². The maximum absolute atomic E-state index is 13.8. The number of aromatic nitrogens is 2. The predicted octanol–water partition coefficient (Wildman–Crippen LogP) is 2.72. The lowest BCUT2D eigenvalue weighted by molar-refractivity contribution is 0.294. The third-order valence-corrected chi connectivity index (χ3v) is 5.55. The Kier molecular flexibility index (Phi) is 5.78. The van der Waals surface area contributed by atoms with Crippen molar-refractivity contribution in [3.63, 3.8) is 0 Å². The van der Waals surface area contributed by atoms with Crippen LogP contribution < -0.4 is 5.56 Å². The Morgan fingerprint density at radius 3 is 2.88 bits per heavy atom. The highest BCUT2D eigenvalue weighted by Gasteiger charge is 2.19. The molecule has 1 fully saturated rings. The van der Waals surface area contributed by atoms with Gasteiger partial charge in [-0.1, -0.05) is 11.8 Å². The molecule has 2 heterocycles. The van der Waals surface area contributed by atoms with E-state index in [1.807, 2.05) is 17.8 Å². The standard InChI is InChI=1S/C17H17FN4OS2/c1-24-17-20-15(14(9-19)16(23)21-17)13-3-2-12(18)8-11(13)10-22-4-6-25-7-5-22/h2-3,8H,4-7,10H2,1H3,(H,20,21,23). The van der Waals surface area contributed by atoms with Crippen LogP contribution in [0.5, 0.6) is 0 Å². The van der Waals surface area contributed by atoms with Gasteiger partial charge in [-0.25, -0.2) is 9.37 Å². The Labute approximate surface area is 153 Å². The predicted molar refractivity (Wildman–Crippen MR) is 99.3 cm³/mol. The van der Waals surface area contributed by atoms with Gasteiger partial charge in [-0.2, -0.15) is 17.0 Å². The smallest absolute Gasteiger partial charge is 0.270 e. The van der Waals surface area contributed by atoms with Crippen LogP contribution in [0.1, 0.15) is 11.1 Å². The van der Waals surface area contributed by atoms with Gasteiger partial charge in [0.1, 0.15) is 17.4 Å². The number of nitrogens with one attached hydrogen (secondary N) is 1. The molecule has 130 valence electrons. The number of halogens is 1. The molecule has 2 aromatic rings. The summed E-state index contributed by atoms with van der Waals surface area (Å²) in [6, 6.07) is 6.35. The Morgan fingerprint density at radius 1 is 1.44 bits per heavy atom.